The fourth-order valence-electron chi connectivity index (χ4n) is 9.69. The number of nitriles is 1. The molecule has 0 radical (unpaired) electrons. The Morgan fingerprint density at radius 1 is 0.343 bits per heavy atom. The molecule has 0 bridgehead atoms. The zero-order chi connectivity index (χ0) is 50.8. The molecule has 0 saturated carbocycles. The second-order valence-electron chi connectivity index (χ2n) is 23.0. The molecule has 7 aromatic carbocycles. The molecule has 2 heterocycles. The summed E-state index contributed by atoms with van der Waals surface area (Å²) in [5.41, 5.74) is 7.34. The van der Waals surface area contributed by atoms with Crippen molar-refractivity contribution >= 4 is 43.6 Å². The Hall–Kier alpha value is -6.79. The summed E-state index contributed by atoms with van der Waals surface area (Å²) in [6.45, 7) is 26.0. The van der Waals surface area contributed by atoms with Gasteiger partial charge in [0.1, 0.15) is 0 Å². The minimum Gasteiger partial charge on any atom is -0.309 e. The number of alkyl halides is 6. The van der Waals surface area contributed by atoms with Crippen LogP contribution in [0.2, 0.25) is 0 Å². The average molecular weight is 946 g/mol. The molecule has 0 aliphatic carbocycles. The van der Waals surface area contributed by atoms with Gasteiger partial charge in [0.15, 0.2) is 0 Å². The standard InChI is InChI=1S/C61H57F6N3/c1-56(2,3)38-15-21-50-46(30-38)47-31-39(57(4,5)6)16-22-51(47)69(50)54-25-35(34-68)13-19-44(54)45-20-14-36(37-26-42(60(62,63)64)29-43(27-37)61(65,66)67)28-55(45)70-52-23-17-40(58(7,8)9)32-48(52)49-33-41(59(10,11)12)18-24-53(49)70/h13-33H,1-12H3. The van der Waals surface area contributed by atoms with Crippen LogP contribution in [0.1, 0.15) is 122 Å². The molecule has 0 fully saturated rings. The predicted octanol–water partition coefficient (Wildman–Crippen LogP) is 18.3. The van der Waals surface area contributed by atoms with Gasteiger partial charge in [0.25, 0.3) is 0 Å². The van der Waals surface area contributed by atoms with Crippen LogP contribution in [-0.4, -0.2) is 9.13 Å². The van der Waals surface area contributed by atoms with Crippen LogP contribution in [0.5, 0.6) is 0 Å². The van der Waals surface area contributed by atoms with Gasteiger partial charge < -0.3 is 9.13 Å². The first kappa shape index (κ1) is 48.2. The van der Waals surface area contributed by atoms with Crippen molar-refractivity contribution in [1.82, 2.24) is 9.13 Å². The summed E-state index contributed by atoms with van der Waals surface area (Å²) in [7, 11) is 0. The van der Waals surface area contributed by atoms with Gasteiger partial charge in [0.2, 0.25) is 0 Å². The molecule has 0 saturated heterocycles. The zero-order valence-corrected chi connectivity index (χ0v) is 41.7. The van der Waals surface area contributed by atoms with Gasteiger partial charge in [0, 0.05) is 32.7 Å². The van der Waals surface area contributed by atoms with E-state index in [9.17, 15) is 31.6 Å². The van der Waals surface area contributed by atoms with E-state index in [2.05, 4.69) is 171 Å². The average Bonchev–Trinajstić information content (AvgIpc) is 3.78. The van der Waals surface area contributed by atoms with Gasteiger partial charge in [-0.2, -0.15) is 31.6 Å². The third-order valence-electron chi connectivity index (χ3n) is 13.8. The summed E-state index contributed by atoms with van der Waals surface area (Å²) in [4.78, 5) is 0. The molecular formula is C61H57F6N3. The molecule has 9 aromatic rings. The summed E-state index contributed by atoms with van der Waals surface area (Å²) in [5, 5.41) is 14.5. The van der Waals surface area contributed by atoms with E-state index in [-0.39, 0.29) is 38.9 Å². The highest BCUT2D eigenvalue weighted by molar-refractivity contribution is 6.12. The van der Waals surface area contributed by atoms with Gasteiger partial charge in [-0.15, -0.1) is 0 Å². The van der Waals surface area contributed by atoms with Crippen LogP contribution in [0.15, 0.2) is 127 Å². The summed E-state index contributed by atoms with van der Waals surface area (Å²) in [6.07, 6.45) is -10.1. The molecule has 9 rings (SSSR count). The van der Waals surface area contributed by atoms with E-state index in [0.29, 0.717) is 28.1 Å². The molecule has 0 aliphatic heterocycles. The summed E-state index contributed by atoms with van der Waals surface area (Å²) in [5.74, 6) is 0. The number of benzene rings is 7. The van der Waals surface area contributed by atoms with Crippen LogP contribution in [-0.2, 0) is 34.0 Å². The lowest BCUT2D eigenvalue weighted by molar-refractivity contribution is -0.143. The lowest BCUT2D eigenvalue weighted by Crippen LogP contribution is -2.11. The van der Waals surface area contributed by atoms with E-state index in [1.54, 1.807) is 24.3 Å². The molecule has 70 heavy (non-hydrogen) atoms. The van der Waals surface area contributed by atoms with Crippen molar-refractivity contribution in [2.24, 2.45) is 0 Å². The molecule has 0 amide bonds. The van der Waals surface area contributed by atoms with Gasteiger partial charge in [-0.05, 0) is 140 Å². The highest BCUT2D eigenvalue weighted by Gasteiger charge is 2.37. The van der Waals surface area contributed by atoms with Crippen molar-refractivity contribution in [3.8, 4) is 39.7 Å². The number of hydrogen-bond donors (Lipinski definition) is 0. The number of halogens is 6. The van der Waals surface area contributed by atoms with E-state index >= 15 is 0 Å². The fourth-order valence-corrected chi connectivity index (χ4v) is 9.69. The minimum atomic E-state index is -5.04. The Morgan fingerprint density at radius 3 is 0.986 bits per heavy atom. The van der Waals surface area contributed by atoms with Gasteiger partial charge in [-0.3, -0.25) is 0 Å². The molecule has 358 valence electrons. The van der Waals surface area contributed by atoms with Gasteiger partial charge in [0.05, 0.1) is 56.2 Å². The van der Waals surface area contributed by atoms with Crippen LogP contribution in [0.4, 0.5) is 26.3 Å². The minimum absolute atomic E-state index is 0.156. The third kappa shape index (κ3) is 8.54. The number of aromatic nitrogens is 2. The van der Waals surface area contributed by atoms with E-state index in [1.807, 2.05) is 12.1 Å². The van der Waals surface area contributed by atoms with Crippen LogP contribution in [0, 0.1) is 11.3 Å². The van der Waals surface area contributed by atoms with Crippen molar-refractivity contribution in [2.45, 2.75) is 117 Å². The molecule has 0 unspecified atom stereocenters. The van der Waals surface area contributed by atoms with Crippen LogP contribution >= 0.6 is 0 Å². The van der Waals surface area contributed by atoms with Crippen molar-refractivity contribution in [1.29, 1.82) is 5.26 Å². The van der Waals surface area contributed by atoms with Crippen molar-refractivity contribution < 1.29 is 26.3 Å². The van der Waals surface area contributed by atoms with Crippen molar-refractivity contribution in [2.75, 3.05) is 0 Å². The molecule has 0 atom stereocenters. The normalized spacial score (nSPS) is 13.3. The molecule has 0 aliphatic rings. The van der Waals surface area contributed by atoms with Crippen LogP contribution in [0.25, 0.3) is 77.2 Å². The Labute approximate surface area is 406 Å². The van der Waals surface area contributed by atoms with E-state index in [0.717, 1.165) is 78.0 Å². The van der Waals surface area contributed by atoms with E-state index < -0.39 is 23.5 Å². The SMILES string of the molecule is CC(C)(C)c1ccc2c(c1)c1cc(C(C)(C)C)ccc1n2-c1cc(C#N)ccc1-c1ccc(-c2cc(C(F)(F)F)cc(C(F)(F)F)c2)cc1-n1c2ccc(C(C)(C)C)cc2c2cc(C(C)(C)C)ccc21. The van der Waals surface area contributed by atoms with Crippen LogP contribution in [0.3, 0.4) is 0 Å². The fraction of sp³-hybridized carbons (Fsp3) is 0.295. The quantitative estimate of drug-likeness (QED) is 0.162. The molecule has 2 aromatic heterocycles. The van der Waals surface area contributed by atoms with Gasteiger partial charge >= 0.3 is 12.4 Å². The summed E-state index contributed by atoms with van der Waals surface area (Å²) in [6, 6.07) is 40.3. The number of rotatable bonds is 4. The first-order valence-corrected chi connectivity index (χ1v) is 23.6. The van der Waals surface area contributed by atoms with Gasteiger partial charge in [-0.25, -0.2) is 0 Å². The maximum Gasteiger partial charge on any atom is 0.416 e. The van der Waals surface area contributed by atoms with Gasteiger partial charge in [-0.1, -0.05) is 126 Å². The predicted molar refractivity (Wildman–Crippen MR) is 276 cm³/mol. The topological polar surface area (TPSA) is 33.6 Å². The largest absolute Gasteiger partial charge is 0.416 e. The number of nitrogens with zero attached hydrogens (tertiary/aromatic N) is 3. The molecule has 9 heteroatoms. The highest BCUT2D eigenvalue weighted by atomic mass is 19.4. The third-order valence-corrected chi connectivity index (χ3v) is 13.8. The molecular weight excluding hydrogens is 889 g/mol. The first-order chi connectivity index (χ1) is 32.4. The van der Waals surface area contributed by atoms with E-state index in [4.69, 9.17) is 0 Å². The second-order valence-corrected chi connectivity index (χ2v) is 23.0. The zero-order valence-electron chi connectivity index (χ0n) is 41.7. The molecule has 0 spiro atoms. The molecule has 3 nitrogen and oxygen atoms in total. The van der Waals surface area contributed by atoms with Crippen LogP contribution < -0.4 is 0 Å². The number of fused-ring (bicyclic) bond motifs is 6. The maximum absolute atomic E-state index is 14.4. The van der Waals surface area contributed by atoms with Crippen molar-refractivity contribution in [3.63, 3.8) is 0 Å². The monoisotopic (exact) mass is 945 g/mol. The Bertz CT molecular complexity index is 3440. The molecule has 0 N–H and O–H groups in total. The maximum atomic E-state index is 14.4. The Morgan fingerprint density at radius 2 is 0.671 bits per heavy atom. The smallest absolute Gasteiger partial charge is 0.309 e. The summed E-state index contributed by atoms with van der Waals surface area (Å²) < 4.78 is 91.0. The number of hydrogen-bond acceptors (Lipinski definition) is 1. The summed E-state index contributed by atoms with van der Waals surface area (Å²) >= 11 is 0. The first-order valence-electron chi connectivity index (χ1n) is 23.6. The Kier molecular flexibility index (Phi) is 11.1. The van der Waals surface area contributed by atoms with Crippen molar-refractivity contribution in [3.05, 3.63) is 166 Å². The second kappa shape index (κ2) is 16.1. The Balaban J connectivity index is 1.44. The lowest BCUT2D eigenvalue weighted by atomic mass is 9.85. The highest BCUT2D eigenvalue weighted by Crippen LogP contribution is 2.46. The van der Waals surface area contributed by atoms with E-state index in [1.165, 1.54) is 0 Å². The lowest BCUT2D eigenvalue weighted by Gasteiger charge is -2.22.